The van der Waals surface area contributed by atoms with Crippen LogP contribution in [0.3, 0.4) is 0 Å². The summed E-state index contributed by atoms with van der Waals surface area (Å²) in [6.07, 6.45) is 1.44. The molecule has 0 radical (unpaired) electrons. The quantitative estimate of drug-likeness (QED) is 0.368. The van der Waals surface area contributed by atoms with Crippen molar-refractivity contribution >= 4 is 5.97 Å². The van der Waals surface area contributed by atoms with E-state index in [-0.39, 0.29) is 5.57 Å². The van der Waals surface area contributed by atoms with Crippen LogP contribution in [0.4, 0.5) is 0 Å². The predicted molar refractivity (Wildman–Crippen MR) is 38.4 cm³/mol. The topological polar surface area (TPSA) is 75.3 Å². The van der Waals surface area contributed by atoms with Crippen molar-refractivity contribution in [2.45, 2.75) is 6.92 Å². The minimum absolute atomic E-state index is 0.286. The number of nitrogens with two attached hydrogens (primary N) is 1. The number of carbonyl (C=O) groups is 1. The van der Waals surface area contributed by atoms with Gasteiger partial charge in [0.2, 0.25) is 0 Å². The summed E-state index contributed by atoms with van der Waals surface area (Å²) >= 11 is 0. The molecule has 0 atom stereocenters. The third-order valence-electron chi connectivity index (χ3n) is 0.945. The van der Waals surface area contributed by atoms with E-state index in [0.717, 1.165) is 0 Å². The van der Waals surface area contributed by atoms with E-state index in [9.17, 15) is 4.79 Å². The molecular weight excluding hydrogens is 132 g/mol. The largest absolute Gasteiger partial charge is 0.478 e. The molecule has 0 fully saturated rings. The van der Waals surface area contributed by atoms with Gasteiger partial charge in [-0.3, -0.25) is 0 Å². The zero-order valence-electron chi connectivity index (χ0n) is 5.92. The first-order chi connectivity index (χ1) is 4.68. The third kappa shape index (κ3) is 3.91. The van der Waals surface area contributed by atoms with Crippen LogP contribution in [-0.2, 0) is 4.79 Å². The van der Waals surface area contributed by atoms with Crippen LogP contribution in [0, 0.1) is 0 Å². The molecule has 58 valence electrons. The van der Waals surface area contributed by atoms with Gasteiger partial charge < -0.3 is 16.2 Å². The van der Waals surface area contributed by atoms with Crippen LogP contribution < -0.4 is 11.1 Å². The highest BCUT2D eigenvalue weighted by molar-refractivity contribution is 5.85. The summed E-state index contributed by atoms with van der Waals surface area (Å²) in [6.45, 7) is 2.62. The normalized spacial score (nSPS) is 11.2. The summed E-state index contributed by atoms with van der Waals surface area (Å²) < 4.78 is 0. The van der Waals surface area contributed by atoms with Crippen LogP contribution in [-0.4, -0.2) is 24.2 Å². The molecule has 0 aliphatic rings. The molecule has 0 saturated heterocycles. The minimum Gasteiger partial charge on any atom is -0.478 e. The van der Waals surface area contributed by atoms with E-state index in [4.69, 9.17) is 10.8 Å². The van der Waals surface area contributed by atoms with Gasteiger partial charge >= 0.3 is 5.97 Å². The molecule has 0 aromatic heterocycles. The third-order valence-corrected chi connectivity index (χ3v) is 0.945. The number of carboxylic acid groups (broad SMARTS) is 1. The van der Waals surface area contributed by atoms with E-state index in [1.165, 1.54) is 13.1 Å². The van der Waals surface area contributed by atoms with Crippen molar-refractivity contribution in [1.29, 1.82) is 0 Å². The molecular formula is C6H12N2O2. The smallest absolute Gasteiger partial charge is 0.332 e. The van der Waals surface area contributed by atoms with Crippen molar-refractivity contribution in [3.8, 4) is 0 Å². The maximum absolute atomic E-state index is 10.2. The highest BCUT2D eigenvalue weighted by atomic mass is 16.4. The zero-order valence-corrected chi connectivity index (χ0v) is 5.92. The average molecular weight is 144 g/mol. The monoisotopic (exact) mass is 144 g/mol. The van der Waals surface area contributed by atoms with Crippen LogP contribution in [0.5, 0.6) is 0 Å². The summed E-state index contributed by atoms with van der Waals surface area (Å²) in [4.78, 5) is 10.2. The van der Waals surface area contributed by atoms with Crippen LogP contribution >= 0.6 is 0 Å². The molecule has 0 aliphatic heterocycles. The molecule has 0 bridgehead atoms. The Morgan fingerprint density at radius 2 is 2.40 bits per heavy atom. The molecule has 10 heavy (non-hydrogen) atoms. The molecule has 0 amide bonds. The molecule has 4 heteroatoms. The van der Waals surface area contributed by atoms with Gasteiger partial charge in [0.25, 0.3) is 0 Å². The first kappa shape index (κ1) is 8.97. The molecule has 0 spiro atoms. The lowest BCUT2D eigenvalue weighted by molar-refractivity contribution is -0.132. The molecule has 4 nitrogen and oxygen atoms in total. The molecule has 0 aromatic carbocycles. The highest BCUT2D eigenvalue weighted by Crippen LogP contribution is 1.87. The summed E-state index contributed by atoms with van der Waals surface area (Å²) in [6, 6.07) is 0. The lowest BCUT2D eigenvalue weighted by Crippen LogP contribution is -2.18. The van der Waals surface area contributed by atoms with Gasteiger partial charge in [-0.1, -0.05) is 0 Å². The van der Waals surface area contributed by atoms with Gasteiger partial charge in [-0.15, -0.1) is 0 Å². The van der Waals surface area contributed by atoms with E-state index >= 15 is 0 Å². The fourth-order valence-corrected chi connectivity index (χ4v) is 0.370. The molecule has 0 unspecified atom stereocenters. The van der Waals surface area contributed by atoms with Crippen LogP contribution in [0.2, 0.25) is 0 Å². The van der Waals surface area contributed by atoms with Crippen LogP contribution in [0.1, 0.15) is 6.92 Å². The summed E-state index contributed by atoms with van der Waals surface area (Å²) in [7, 11) is 0. The van der Waals surface area contributed by atoms with Crippen molar-refractivity contribution < 1.29 is 9.90 Å². The van der Waals surface area contributed by atoms with Crippen molar-refractivity contribution in [3.63, 3.8) is 0 Å². The fraction of sp³-hybridized carbons (Fsp3) is 0.500. The van der Waals surface area contributed by atoms with E-state index in [2.05, 4.69) is 5.32 Å². The highest BCUT2D eigenvalue weighted by Gasteiger charge is 1.96. The van der Waals surface area contributed by atoms with E-state index in [1.54, 1.807) is 0 Å². The maximum atomic E-state index is 10.2. The minimum atomic E-state index is -0.912. The Balaban J connectivity index is 3.58. The van der Waals surface area contributed by atoms with Gasteiger partial charge in [0.15, 0.2) is 0 Å². The zero-order chi connectivity index (χ0) is 7.98. The second kappa shape index (κ2) is 4.81. The first-order valence-electron chi connectivity index (χ1n) is 3.02. The van der Waals surface area contributed by atoms with Crippen LogP contribution in [0.25, 0.3) is 0 Å². The molecule has 4 N–H and O–H groups in total. The van der Waals surface area contributed by atoms with Gasteiger partial charge in [-0.05, 0) is 6.92 Å². The molecule has 0 heterocycles. The lowest BCUT2D eigenvalue weighted by atomic mass is 10.3. The van der Waals surface area contributed by atoms with Gasteiger partial charge in [0.05, 0.1) is 0 Å². The maximum Gasteiger partial charge on any atom is 0.332 e. The van der Waals surface area contributed by atoms with Gasteiger partial charge in [-0.25, -0.2) is 4.79 Å². The Morgan fingerprint density at radius 1 is 1.80 bits per heavy atom. The first-order valence-corrected chi connectivity index (χ1v) is 3.02. The number of carboxylic acids is 1. The van der Waals surface area contributed by atoms with Crippen molar-refractivity contribution in [2.75, 3.05) is 13.1 Å². The Labute approximate surface area is 59.7 Å². The summed E-state index contributed by atoms with van der Waals surface area (Å²) in [5, 5.41) is 11.1. The van der Waals surface area contributed by atoms with Crippen LogP contribution in [0.15, 0.2) is 11.8 Å². The van der Waals surface area contributed by atoms with E-state index in [1.807, 2.05) is 0 Å². The number of aliphatic carboxylic acids is 1. The fourth-order valence-electron chi connectivity index (χ4n) is 0.370. The van der Waals surface area contributed by atoms with Gasteiger partial charge in [-0.2, -0.15) is 0 Å². The number of nitrogens with one attached hydrogen (secondary N) is 1. The second-order valence-corrected chi connectivity index (χ2v) is 1.88. The van der Waals surface area contributed by atoms with E-state index < -0.39 is 5.97 Å². The standard InChI is InChI=1S/C6H12N2O2/c1-5(6(9)10)4-8-3-2-7/h4,8H,2-3,7H2,1H3,(H,9,10). The van der Waals surface area contributed by atoms with Crippen molar-refractivity contribution in [1.82, 2.24) is 5.32 Å². The second-order valence-electron chi connectivity index (χ2n) is 1.88. The van der Waals surface area contributed by atoms with Crippen molar-refractivity contribution in [3.05, 3.63) is 11.8 Å². The Kier molecular flexibility index (Phi) is 4.32. The Bertz CT molecular complexity index is 143. The molecule has 0 aromatic rings. The SMILES string of the molecule is CC(=CNCCN)C(=O)O. The Morgan fingerprint density at radius 3 is 2.80 bits per heavy atom. The summed E-state index contributed by atoms with van der Waals surface area (Å²) in [5.41, 5.74) is 5.44. The molecule has 0 saturated carbocycles. The lowest BCUT2D eigenvalue weighted by Gasteiger charge is -1.96. The number of hydrogen-bond acceptors (Lipinski definition) is 3. The number of rotatable bonds is 4. The molecule has 0 aliphatic carbocycles. The Hall–Kier alpha value is -1.03. The average Bonchev–Trinajstić information content (AvgIpc) is 1.88. The van der Waals surface area contributed by atoms with Crippen molar-refractivity contribution in [2.24, 2.45) is 5.73 Å². The van der Waals surface area contributed by atoms with Gasteiger partial charge in [0, 0.05) is 24.9 Å². The summed E-state index contributed by atoms with van der Waals surface area (Å²) in [5.74, 6) is -0.912. The number of hydrogen-bond donors (Lipinski definition) is 3. The molecule has 0 rings (SSSR count). The van der Waals surface area contributed by atoms with Gasteiger partial charge in [0.1, 0.15) is 0 Å². The predicted octanol–water partition coefficient (Wildman–Crippen LogP) is -0.477. The van der Waals surface area contributed by atoms with E-state index in [0.29, 0.717) is 13.1 Å².